The molecule has 21 heavy (non-hydrogen) atoms. The van der Waals surface area contributed by atoms with E-state index in [2.05, 4.69) is 5.32 Å². The number of hydrogen-bond donors (Lipinski definition) is 3. The smallest absolute Gasteiger partial charge is 0.335 e. The molecule has 1 atom stereocenters. The first kappa shape index (κ1) is 16.7. The molecule has 0 saturated carbocycles. The van der Waals surface area contributed by atoms with Crippen molar-refractivity contribution < 1.29 is 24.6 Å². The van der Waals surface area contributed by atoms with Crippen molar-refractivity contribution in [2.45, 2.75) is 32.7 Å². The minimum atomic E-state index is -1.34. The molecule has 0 radical (unpaired) electrons. The average molecular weight is 293 g/mol. The van der Waals surface area contributed by atoms with Gasteiger partial charge >= 0.3 is 11.9 Å². The summed E-state index contributed by atoms with van der Waals surface area (Å²) in [5, 5.41) is 20.8. The van der Waals surface area contributed by atoms with E-state index >= 15 is 0 Å². The van der Waals surface area contributed by atoms with Gasteiger partial charge in [-0.1, -0.05) is 20.8 Å². The highest BCUT2D eigenvalue weighted by Gasteiger charge is 2.41. The molecule has 0 unspecified atom stereocenters. The van der Waals surface area contributed by atoms with Crippen LogP contribution in [0.15, 0.2) is 24.3 Å². The van der Waals surface area contributed by atoms with Crippen LogP contribution in [0.3, 0.4) is 0 Å². The summed E-state index contributed by atoms with van der Waals surface area (Å²) in [6, 6.07) is 5.34. The molecule has 0 fully saturated rings. The molecule has 1 amide bonds. The van der Waals surface area contributed by atoms with Crippen LogP contribution in [-0.2, 0) is 4.79 Å². The topological polar surface area (TPSA) is 104 Å². The average Bonchev–Trinajstić information content (AvgIpc) is 2.43. The minimum Gasteiger partial charge on any atom is -0.479 e. The summed E-state index contributed by atoms with van der Waals surface area (Å²) in [4.78, 5) is 34.5. The van der Waals surface area contributed by atoms with Gasteiger partial charge in [0.05, 0.1) is 5.56 Å². The Hall–Kier alpha value is -2.37. The Morgan fingerprint density at radius 3 is 1.90 bits per heavy atom. The van der Waals surface area contributed by atoms with Gasteiger partial charge in [0.15, 0.2) is 0 Å². The van der Waals surface area contributed by atoms with Gasteiger partial charge in [0.2, 0.25) is 0 Å². The fraction of sp³-hybridized carbons (Fsp3) is 0.400. The molecular weight excluding hydrogens is 274 g/mol. The largest absolute Gasteiger partial charge is 0.479 e. The van der Waals surface area contributed by atoms with Gasteiger partial charge in [0.1, 0.15) is 5.54 Å². The van der Waals surface area contributed by atoms with E-state index in [0.717, 1.165) is 0 Å². The van der Waals surface area contributed by atoms with Gasteiger partial charge in [-0.25, -0.2) is 9.59 Å². The maximum atomic E-state index is 12.2. The van der Waals surface area contributed by atoms with Crippen molar-refractivity contribution in [1.82, 2.24) is 5.32 Å². The Balaban J connectivity index is 3.02. The highest BCUT2D eigenvalue weighted by atomic mass is 16.4. The number of nitrogens with one attached hydrogen (secondary N) is 1. The first-order valence-electron chi connectivity index (χ1n) is 6.63. The Labute approximate surface area is 122 Å². The lowest BCUT2D eigenvalue weighted by Gasteiger charge is -2.33. The van der Waals surface area contributed by atoms with E-state index in [0.29, 0.717) is 0 Å². The lowest BCUT2D eigenvalue weighted by atomic mass is 9.83. The molecule has 0 bridgehead atoms. The first-order chi connectivity index (χ1) is 9.74. The summed E-state index contributed by atoms with van der Waals surface area (Å²) in [5.74, 6) is -3.00. The molecule has 1 aromatic carbocycles. The number of carboxylic acids is 2. The number of aromatic carboxylic acids is 1. The third kappa shape index (κ3) is 3.39. The van der Waals surface area contributed by atoms with Gasteiger partial charge in [-0.05, 0) is 36.6 Å². The second kappa shape index (κ2) is 6.39. The second-order valence-electron chi connectivity index (χ2n) is 5.12. The monoisotopic (exact) mass is 293 g/mol. The number of rotatable bonds is 6. The summed E-state index contributed by atoms with van der Waals surface area (Å²) in [7, 11) is 0. The normalized spacial score (nSPS) is 13.5. The van der Waals surface area contributed by atoms with Crippen LogP contribution < -0.4 is 5.32 Å². The highest BCUT2D eigenvalue weighted by molar-refractivity contribution is 5.98. The summed E-state index contributed by atoms with van der Waals surface area (Å²) in [6.07, 6.45) is 0.249. The van der Waals surface area contributed by atoms with Gasteiger partial charge in [0.25, 0.3) is 5.91 Å². The van der Waals surface area contributed by atoms with E-state index < -0.39 is 23.4 Å². The van der Waals surface area contributed by atoms with Crippen LogP contribution in [0, 0.1) is 5.92 Å². The fourth-order valence-corrected chi connectivity index (χ4v) is 2.13. The molecule has 0 aliphatic carbocycles. The number of carbonyl (C=O) groups is 3. The quantitative estimate of drug-likeness (QED) is 0.744. The standard InChI is InChI=1S/C15H19NO5/c1-4-15(9(2)3,14(20)21)16-12(17)10-5-7-11(8-6-10)13(18)19/h5-9H,4H2,1-3H3,(H,16,17)(H,18,19)(H,20,21)/t15-/m0/s1. The molecule has 114 valence electrons. The van der Waals surface area contributed by atoms with Crippen LogP contribution in [0.1, 0.15) is 47.9 Å². The van der Waals surface area contributed by atoms with E-state index in [-0.39, 0.29) is 23.5 Å². The summed E-state index contributed by atoms with van der Waals surface area (Å²) >= 11 is 0. The zero-order chi connectivity index (χ0) is 16.2. The number of hydrogen-bond acceptors (Lipinski definition) is 3. The maximum absolute atomic E-state index is 12.2. The van der Waals surface area contributed by atoms with Crippen LogP contribution >= 0.6 is 0 Å². The van der Waals surface area contributed by atoms with Crippen molar-refractivity contribution in [1.29, 1.82) is 0 Å². The molecule has 0 saturated heterocycles. The third-order valence-electron chi connectivity index (χ3n) is 3.66. The van der Waals surface area contributed by atoms with E-state index in [9.17, 15) is 19.5 Å². The molecule has 0 spiro atoms. The summed E-state index contributed by atoms with van der Waals surface area (Å²) < 4.78 is 0. The molecule has 0 aliphatic heterocycles. The van der Waals surface area contributed by atoms with Gasteiger partial charge in [0, 0.05) is 5.56 Å². The number of amides is 1. The van der Waals surface area contributed by atoms with Crippen molar-refractivity contribution >= 4 is 17.8 Å². The number of carboxylic acid groups (broad SMARTS) is 2. The van der Waals surface area contributed by atoms with Gasteiger partial charge in [-0.2, -0.15) is 0 Å². The second-order valence-corrected chi connectivity index (χ2v) is 5.12. The molecule has 1 aromatic rings. The van der Waals surface area contributed by atoms with Crippen LogP contribution in [-0.4, -0.2) is 33.6 Å². The van der Waals surface area contributed by atoms with E-state index in [1.54, 1.807) is 20.8 Å². The molecular formula is C15H19NO5. The number of carbonyl (C=O) groups excluding carboxylic acids is 1. The summed E-state index contributed by atoms with van der Waals surface area (Å²) in [6.45, 7) is 5.15. The van der Waals surface area contributed by atoms with Gasteiger partial charge < -0.3 is 15.5 Å². The van der Waals surface area contributed by atoms with Crippen molar-refractivity contribution in [2.24, 2.45) is 5.92 Å². The molecule has 0 aliphatic rings. The maximum Gasteiger partial charge on any atom is 0.335 e. The van der Waals surface area contributed by atoms with Crippen LogP contribution in [0.25, 0.3) is 0 Å². The predicted molar refractivity (Wildman–Crippen MR) is 76.4 cm³/mol. The summed E-state index contributed by atoms with van der Waals surface area (Å²) in [5.41, 5.74) is -1.06. The number of aliphatic carboxylic acids is 1. The molecule has 6 heteroatoms. The Morgan fingerprint density at radius 1 is 1.10 bits per heavy atom. The van der Waals surface area contributed by atoms with Gasteiger partial charge in [-0.15, -0.1) is 0 Å². The Morgan fingerprint density at radius 2 is 1.57 bits per heavy atom. The zero-order valence-electron chi connectivity index (χ0n) is 12.2. The van der Waals surface area contributed by atoms with Crippen molar-refractivity contribution in [3.8, 4) is 0 Å². The zero-order valence-corrected chi connectivity index (χ0v) is 12.2. The molecule has 0 aromatic heterocycles. The Kier molecular flexibility index (Phi) is 5.07. The van der Waals surface area contributed by atoms with E-state index in [1.807, 2.05) is 0 Å². The van der Waals surface area contributed by atoms with Crippen molar-refractivity contribution in [3.63, 3.8) is 0 Å². The van der Waals surface area contributed by atoms with Crippen LogP contribution in [0.2, 0.25) is 0 Å². The third-order valence-corrected chi connectivity index (χ3v) is 3.66. The predicted octanol–water partition coefficient (Wildman–Crippen LogP) is 2.00. The molecule has 1 rings (SSSR count). The van der Waals surface area contributed by atoms with E-state index in [4.69, 9.17) is 5.11 Å². The van der Waals surface area contributed by atoms with Crippen LogP contribution in [0.5, 0.6) is 0 Å². The first-order valence-corrected chi connectivity index (χ1v) is 6.63. The lowest BCUT2D eigenvalue weighted by Crippen LogP contribution is -2.57. The molecule has 6 nitrogen and oxygen atoms in total. The molecule has 0 heterocycles. The van der Waals surface area contributed by atoms with Crippen molar-refractivity contribution in [2.75, 3.05) is 0 Å². The fourth-order valence-electron chi connectivity index (χ4n) is 2.13. The minimum absolute atomic E-state index is 0.0652. The molecule has 3 N–H and O–H groups in total. The Bertz CT molecular complexity index is 550. The van der Waals surface area contributed by atoms with Crippen LogP contribution in [0.4, 0.5) is 0 Å². The lowest BCUT2D eigenvalue weighted by molar-refractivity contribution is -0.146. The van der Waals surface area contributed by atoms with Crippen molar-refractivity contribution in [3.05, 3.63) is 35.4 Å². The highest BCUT2D eigenvalue weighted by Crippen LogP contribution is 2.22. The SMILES string of the molecule is CC[C@@](NC(=O)c1ccc(C(=O)O)cc1)(C(=O)O)C(C)C. The van der Waals surface area contributed by atoms with E-state index in [1.165, 1.54) is 24.3 Å². The number of benzene rings is 1. The van der Waals surface area contributed by atoms with Gasteiger partial charge in [-0.3, -0.25) is 4.79 Å².